The number of hydrogen-bond donors (Lipinski definition) is 0. The Labute approximate surface area is 173 Å². The van der Waals surface area contributed by atoms with Gasteiger partial charge in [-0.15, -0.1) is 0 Å². The van der Waals surface area contributed by atoms with E-state index in [9.17, 15) is 9.59 Å². The lowest BCUT2D eigenvalue weighted by Gasteiger charge is -2.05. The number of ether oxygens (including phenoxy) is 2. The molecule has 4 nitrogen and oxygen atoms in total. The van der Waals surface area contributed by atoms with E-state index < -0.39 is 5.97 Å². The van der Waals surface area contributed by atoms with Gasteiger partial charge in [0.25, 0.3) is 0 Å². The molecule has 0 aliphatic rings. The minimum atomic E-state index is -0.452. The molecule has 0 aliphatic carbocycles. The van der Waals surface area contributed by atoms with Gasteiger partial charge in [-0.2, -0.15) is 0 Å². The van der Waals surface area contributed by atoms with E-state index >= 15 is 0 Å². The van der Waals surface area contributed by atoms with Crippen molar-refractivity contribution in [2.75, 3.05) is 13.2 Å². The summed E-state index contributed by atoms with van der Waals surface area (Å²) in [6.45, 7) is 4.43. The molecule has 0 fully saturated rings. The predicted octanol–water partition coefficient (Wildman–Crippen LogP) is 6.91. The van der Waals surface area contributed by atoms with Gasteiger partial charge in [-0.25, -0.2) is 4.79 Å². The molecule has 0 aromatic rings. The minimum absolute atomic E-state index is 0.256. The van der Waals surface area contributed by atoms with Crippen LogP contribution >= 0.6 is 0 Å². The van der Waals surface area contributed by atoms with Crippen LogP contribution in [-0.2, 0) is 19.1 Å². The van der Waals surface area contributed by atoms with Gasteiger partial charge in [0.15, 0.2) is 6.61 Å². The Kier molecular flexibility index (Phi) is 20.9. The Bertz CT molecular complexity index is 390. The number of carbonyl (C=O) groups is 2. The van der Waals surface area contributed by atoms with E-state index in [4.69, 9.17) is 9.47 Å². The average Bonchev–Trinajstić information content (AvgIpc) is 2.69. The van der Waals surface area contributed by atoms with Gasteiger partial charge in [0.2, 0.25) is 0 Å². The maximum absolute atomic E-state index is 11.6. The van der Waals surface area contributed by atoms with Gasteiger partial charge >= 0.3 is 11.9 Å². The van der Waals surface area contributed by atoms with Gasteiger partial charge in [-0.3, -0.25) is 4.79 Å². The highest BCUT2D eigenvalue weighted by atomic mass is 16.6. The predicted molar refractivity (Wildman–Crippen MR) is 116 cm³/mol. The SMILES string of the molecule is CCCCCCCC/C=C\CCCCCCCC(=O)OCC(=O)OCCCC. The van der Waals surface area contributed by atoms with Gasteiger partial charge in [-0.1, -0.05) is 83.8 Å². The van der Waals surface area contributed by atoms with Crippen LogP contribution in [0.15, 0.2) is 12.2 Å². The van der Waals surface area contributed by atoms with Crippen LogP contribution < -0.4 is 0 Å². The molecule has 0 aromatic heterocycles. The topological polar surface area (TPSA) is 52.6 Å². The summed E-state index contributed by atoms with van der Waals surface area (Å²) in [7, 11) is 0. The number of allylic oxidation sites excluding steroid dienone is 2. The summed E-state index contributed by atoms with van der Waals surface area (Å²) in [4.78, 5) is 22.9. The molecule has 0 aromatic carbocycles. The number of esters is 2. The maximum Gasteiger partial charge on any atom is 0.344 e. The molecule has 0 N–H and O–H groups in total. The highest BCUT2D eigenvalue weighted by Gasteiger charge is 2.08. The third kappa shape index (κ3) is 21.0. The average molecular weight is 397 g/mol. The standard InChI is InChI=1S/C24H44O4/c1-3-5-7-8-9-10-11-12-13-14-15-16-17-18-19-20-23(25)28-22-24(26)27-21-6-4-2/h12-13H,3-11,14-22H2,1-2H3/b13-12-. The van der Waals surface area contributed by atoms with Crippen molar-refractivity contribution in [3.05, 3.63) is 12.2 Å². The van der Waals surface area contributed by atoms with Gasteiger partial charge in [0.1, 0.15) is 0 Å². The Morgan fingerprint density at radius 2 is 1.14 bits per heavy atom. The van der Waals surface area contributed by atoms with Gasteiger partial charge in [-0.05, 0) is 38.5 Å². The second-order valence-electron chi connectivity index (χ2n) is 7.57. The molecule has 0 unspecified atom stereocenters. The normalized spacial score (nSPS) is 11.1. The van der Waals surface area contributed by atoms with Crippen molar-refractivity contribution in [2.24, 2.45) is 0 Å². The smallest absolute Gasteiger partial charge is 0.344 e. The third-order valence-electron chi connectivity index (χ3n) is 4.75. The van der Waals surface area contributed by atoms with Crippen LogP contribution in [0.5, 0.6) is 0 Å². The molecule has 28 heavy (non-hydrogen) atoms. The van der Waals surface area contributed by atoms with Crippen molar-refractivity contribution in [1.29, 1.82) is 0 Å². The molecule has 0 rings (SSSR count). The summed E-state index contributed by atoms with van der Waals surface area (Å²) in [5.41, 5.74) is 0. The van der Waals surface area contributed by atoms with Gasteiger partial charge < -0.3 is 9.47 Å². The number of unbranched alkanes of at least 4 members (excludes halogenated alkanes) is 12. The summed E-state index contributed by atoms with van der Waals surface area (Å²) < 4.78 is 9.87. The van der Waals surface area contributed by atoms with Crippen molar-refractivity contribution in [3.63, 3.8) is 0 Å². The molecule has 164 valence electrons. The van der Waals surface area contributed by atoms with Crippen LogP contribution in [0.2, 0.25) is 0 Å². The van der Waals surface area contributed by atoms with Gasteiger partial charge in [0.05, 0.1) is 6.61 Å². The van der Waals surface area contributed by atoms with E-state index in [1.807, 2.05) is 6.92 Å². The molecule has 0 bridgehead atoms. The molecule has 0 saturated heterocycles. The fourth-order valence-electron chi connectivity index (χ4n) is 2.92. The molecule has 0 radical (unpaired) electrons. The summed E-state index contributed by atoms with van der Waals surface area (Å²) in [6.07, 6.45) is 22.9. The van der Waals surface area contributed by atoms with E-state index in [0.29, 0.717) is 13.0 Å². The van der Waals surface area contributed by atoms with E-state index in [-0.39, 0.29) is 12.6 Å². The van der Waals surface area contributed by atoms with Crippen molar-refractivity contribution in [2.45, 2.75) is 117 Å². The fraction of sp³-hybridized carbons (Fsp3) is 0.833. The second kappa shape index (κ2) is 22.0. The second-order valence-corrected chi connectivity index (χ2v) is 7.57. The first kappa shape index (κ1) is 26.7. The van der Waals surface area contributed by atoms with Crippen LogP contribution in [0.4, 0.5) is 0 Å². The lowest BCUT2D eigenvalue weighted by atomic mass is 10.1. The number of carbonyl (C=O) groups excluding carboxylic acids is 2. The number of hydrogen-bond acceptors (Lipinski definition) is 4. The van der Waals surface area contributed by atoms with Crippen molar-refractivity contribution < 1.29 is 19.1 Å². The first-order valence-electron chi connectivity index (χ1n) is 11.7. The lowest BCUT2D eigenvalue weighted by molar-refractivity contribution is -0.158. The molecule has 0 atom stereocenters. The molecule has 0 aliphatic heterocycles. The van der Waals surface area contributed by atoms with Crippen LogP contribution in [-0.4, -0.2) is 25.2 Å². The van der Waals surface area contributed by atoms with Crippen LogP contribution in [0.25, 0.3) is 0 Å². The van der Waals surface area contributed by atoms with E-state index in [1.165, 1.54) is 57.8 Å². The maximum atomic E-state index is 11.6. The zero-order chi connectivity index (χ0) is 20.7. The van der Waals surface area contributed by atoms with Crippen LogP contribution in [0.1, 0.15) is 117 Å². The fourth-order valence-corrected chi connectivity index (χ4v) is 2.92. The van der Waals surface area contributed by atoms with Crippen LogP contribution in [0.3, 0.4) is 0 Å². The Morgan fingerprint density at radius 1 is 0.607 bits per heavy atom. The molecule has 4 heteroatoms. The summed E-state index contributed by atoms with van der Waals surface area (Å²) in [5.74, 6) is -0.753. The highest BCUT2D eigenvalue weighted by Crippen LogP contribution is 2.10. The Balaban J connectivity index is 3.30. The zero-order valence-electron chi connectivity index (χ0n) is 18.5. The first-order valence-corrected chi connectivity index (χ1v) is 11.7. The van der Waals surface area contributed by atoms with Crippen molar-refractivity contribution in [1.82, 2.24) is 0 Å². The van der Waals surface area contributed by atoms with E-state index in [0.717, 1.165) is 38.5 Å². The molecule has 0 heterocycles. The van der Waals surface area contributed by atoms with Crippen molar-refractivity contribution in [3.8, 4) is 0 Å². The van der Waals surface area contributed by atoms with E-state index in [2.05, 4.69) is 19.1 Å². The molecule has 0 spiro atoms. The van der Waals surface area contributed by atoms with Crippen molar-refractivity contribution >= 4 is 11.9 Å². The Morgan fingerprint density at radius 3 is 1.75 bits per heavy atom. The third-order valence-corrected chi connectivity index (χ3v) is 4.75. The summed E-state index contributed by atoms with van der Waals surface area (Å²) in [6, 6.07) is 0. The summed E-state index contributed by atoms with van der Waals surface area (Å²) in [5, 5.41) is 0. The quantitative estimate of drug-likeness (QED) is 0.127. The molecular formula is C24H44O4. The Hall–Kier alpha value is -1.32. The first-order chi connectivity index (χ1) is 13.7. The molecule has 0 amide bonds. The molecular weight excluding hydrogens is 352 g/mol. The zero-order valence-corrected chi connectivity index (χ0v) is 18.5. The van der Waals surface area contributed by atoms with E-state index in [1.54, 1.807) is 0 Å². The minimum Gasteiger partial charge on any atom is -0.463 e. The van der Waals surface area contributed by atoms with Gasteiger partial charge in [0, 0.05) is 6.42 Å². The lowest BCUT2D eigenvalue weighted by Crippen LogP contribution is -2.16. The number of rotatable bonds is 20. The summed E-state index contributed by atoms with van der Waals surface area (Å²) >= 11 is 0. The molecule has 0 saturated carbocycles. The largest absolute Gasteiger partial charge is 0.463 e. The van der Waals surface area contributed by atoms with Crippen LogP contribution in [0, 0.1) is 0 Å². The monoisotopic (exact) mass is 396 g/mol. The highest BCUT2D eigenvalue weighted by molar-refractivity contribution is 5.76.